The van der Waals surface area contributed by atoms with Crippen LogP contribution in [0.5, 0.6) is 5.75 Å². The van der Waals surface area contributed by atoms with Gasteiger partial charge in [0.1, 0.15) is 17.6 Å². The van der Waals surface area contributed by atoms with Gasteiger partial charge in [-0.15, -0.1) is 0 Å². The zero-order valence-corrected chi connectivity index (χ0v) is 13.0. The maximum atomic E-state index is 13.6. The van der Waals surface area contributed by atoms with Gasteiger partial charge in [0.25, 0.3) is 5.91 Å². The number of benzene rings is 2. The van der Waals surface area contributed by atoms with Gasteiger partial charge < -0.3 is 9.84 Å². The zero-order chi connectivity index (χ0) is 17.3. The van der Waals surface area contributed by atoms with E-state index in [9.17, 15) is 19.1 Å². The maximum Gasteiger partial charge on any atom is 0.326 e. The average Bonchev–Trinajstić information content (AvgIpc) is 2.58. The molecule has 3 rings (SSSR count). The van der Waals surface area contributed by atoms with Gasteiger partial charge in [-0.25, -0.2) is 9.18 Å². The van der Waals surface area contributed by atoms with Crippen LogP contribution in [-0.4, -0.2) is 23.0 Å². The van der Waals surface area contributed by atoms with Crippen molar-refractivity contribution in [3.8, 4) is 5.75 Å². The summed E-state index contributed by atoms with van der Waals surface area (Å²) in [5.41, 5.74) is 0.754. The third-order valence-corrected chi connectivity index (χ3v) is 3.97. The number of hydrogen-bond donors (Lipinski definition) is 1. The molecule has 0 bridgehead atoms. The molecular weight excluding hydrogens is 313 g/mol. The van der Waals surface area contributed by atoms with Gasteiger partial charge >= 0.3 is 5.97 Å². The molecule has 0 aromatic heterocycles. The number of carbonyl (C=O) groups is 2. The van der Waals surface area contributed by atoms with E-state index in [1.807, 2.05) is 6.07 Å². The van der Waals surface area contributed by atoms with Crippen LogP contribution in [0.3, 0.4) is 0 Å². The SMILES string of the molecule is CCC(C(=O)O)N1C(=O)C(c2ccccc2)Oc2ccc(F)cc21. The lowest BCUT2D eigenvalue weighted by Crippen LogP contribution is -2.50. The molecule has 0 fully saturated rings. The Morgan fingerprint density at radius 1 is 1.29 bits per heavy atom. The number of ether oxygens (including phenoxy) is 1. The number of amides is 1. The van der Waals surface area contributed by atoms with Crippen molar-refractivity contribution in [3.63, 3.8) is 0 Å². The summed E-state index contributed by atoms with van der Waals surface area (Å²) in [7, 11) is 0. The number of carbonyl (C=O) groups excluding carboxylic acids is 1. The van der Waals surface area contributed by atoms with Crippen LogP contribution in [0.15, 0.2) is 48.5 Å². The molecule has 0 radical (unpaired) electrons. The summed E-state index contributed by atoms with van der Waals surface area (Å²) in [5.74, 6) is -1.94. The highest BCUT2D eigenvalue weighted by molar-refractivity contribution is 6.04. The summed E-state index contributed by atoms with van der Waals surface area (Å²) in [6, 6.07) is 11.5. The van der Waals surface area contributed by atoms with Crippen LogP contribution >= 0.6 is 0 Å². The van der Waals surface area contributed by atoms with Gasteiger partial charge in [0.05, 0.1) is 5.69 Å². The Hall–Kier alpha value is -2.89. The van der Waals surface area contributed by atoms with Gasteiger partial charge in [0, 0.05) is 11.6 Å². The first kappa shape index (κ1) is 16.0. The standard InChI is InChI=1S/C18H16FNO4/c1-2-13(18(22)23)20-14-10-12(19)8-9-15(14)24-16(17(20)21)11-6-4-3-5-7-11/h3-10,13,16H,2H2,1H3,(H,22,23). The number of fused-ring (bicyclic) bond motifs is 1. The topological polar surface area (TPSA) is 66.8 Å². The van der Waals surface area contributed by atoms with Crippen molar-refractivity contribution < 1.29 is 23.8 Å². The largest absolute Gasteiger partial charge is 0.480 e. The van der Waals surface area contributed by atoms with Gasteiger partial charge in [-0.3, -0.25) is 9.69 Å². The van der Waals surface area contributed by atoms with Crippen molar-refractivity contribution in [2.45, 2.75) is 25.5 Å². The number of rotatable bonds is 4. The molecule has 0 aliphatic carbocycles. The predicted octanol–water partition coefficient (Wildman–Crippen LogP) is 3.16. The highest BCUT2D eigenvalue weighted by atomic mass is 19.1. The molecule has 1 heterocycles. The minimum atomic E-state index is -1.14. The molecule has 5 nitrogen and oxygen atoms in total. The second-order valence-electron chi connectivity index (χ2n) is 5.49. The van der Waals surface area contributed by atoms with Crippen molar-refractivity contribution in [1.82, 2.24) is 0 Å². The Morgan fingerprint density at radius 3 is 2.62 bits per heavy atom. The molecular formula is C18H16FNO4. The molecule has 1 amide bonds. The van der Waals surface area contributed by atoms with E-state index in [0.717, 1.165) is 11.0 Å². The average molecular weight is 329 g/mol. The van der Waals surface area contributed by atoms with Gasteiger partial charge in [-0.05, 0) is 18.6 Å². The highest BCUT2D eigenvalue weighted by Gasteiger charge is 2.41. The van der Waals surface area contributed by atoms with E-state index in [1.54, 1.807) is 31.2 Å². The third-order valence-electron chi connectivity index (χ3n) is 3.97. The number of anilines is 1. The number of aliphatic carboxylic acids is 1. The van der Waals surface area contributed by atoms with Crippen LogP contribution in [0.1, 0.15) is 25.0 Å². The number of hydrogen-bond acceptors (Lipinski definition) is 3. The monoisotopic (exact) mass is 329 g/mol. The Morgan fingerprint density at radius 2 is 2.00 bits per heavy atom. The molecule has 0 saturated carbocycles. The van der Waals surface area contributed by atoms with Crippen LogP contribution in [0.2, 0.25) is 0 Å². The molecule has 124 valence electrons. The Bertz CT molecular complexity index is 778. The minimum absolute atomic E-state index is 0.140. The first-order chi connectivity index (χ1) is 11.5. The fraction of sp³-hybridized carbons (Fsp3) is 0.222. The summed E-state index contributed by atoms with van der Waals surface area (Å²) in [5, 5.41) is 9.47. The van der Waals surface area contributed by atoms with Crippen molar-refractivity contribution in [2.24, 2.45) is 0 Å². The summed E-state index contributed by atoms with van der Waals surface area (Å²) >= 11 is 0. The summed E-state index contributed by atoms with van der Waals surface area (Å²) in [4.78, 5) is 25.6. The molecule has 24 heavy (non-hydrogen) atoms. The van der Waals surface area contributed by atoms with Crippen molar-refractivity contribution in [1.29, 1.82) is 0 Å². The predicted molar refractivity (Wildman–Crippen MR) is 85.4 cm³/mol. The van der Waals surface area contributed by atoms with Crippen LogP contribution < -0.4 is 9.64 Å². The first-order valence-electron chi connectivity index (χ1n) is 7.60. The smallest absolute Gasteiger partial charge is 0.326 e. The molecule has 2 aromatic rings. The van der Waals surface area contributed by atoms with Crippen molar-refractivity contribution in [3.05, 3.63) is 59.9 Å². The van der Waals surface area contributed by atoms with Gasteiger partial charge in [-0.2, -0.15) is 0 Å². The van der Waals surface area contributed by atoms with Gasteiger partial charge in [-0.1, -0.05) is 37.3 Å². The highest BCUT2D eigenvalue weighted by Crippen LogP contribution is 2.40. The minimum Gasteiger partial charge on any atom is -0.480 e. The maximum absolute atomic E-state index is 13.6. The fourth-order valence-electron chi connectivity index (χ4n) is 2.83. The molecule has 1 aliphatic rings. The number of carboxylic acid groups (broad SMARTS) is 1. The van der Waals surface area contributed by atoms with E-state index < -0.39 is 29.8 Å². The van der Waals surface area contributed by atoms with Crippen LogP contribution in [0.25, 0.3) is 0 Å². The lowest BCUT2D eigenvalue weighted by Gasteiger charge is -2.37. The number of halogens is 1. The molecule has 2 unspecified atom stereocenters. The van der Waals surface area contributed by atoms with E-state index in [1.165, 1.54) is 12.1 Å². The van der Waals surface area contributed by atoms with Crippen molar-refractivity contribution >= 4 is 17.6 Å². The molecule has 0 saturated heterocycles. The Balaban J connectivity index is 2.13. The quantitative estimate of drug-likeness (QED) is 0.936. The second kappa shape index (κ2) is 6.31. The number of carboxylic acids is 1. The Kier molecular flexibility index (Phi) is 4.20. The molecule has 0 spiro atoms. The van der Waals surface area contributed by atoms with E-state index in [0.29, 0.717) is 5.56 Å². The van der Waals surface area contributed by atoms with Gasteiger partial charge in [0.15, 0.2) is 0 Å². The fourth-order valence-corrected chi connectivity index (χ4v) is 2.83. The molecule has 1 aliphatic heterocycles. The lowest BCUT2D eigenvalue weighted by molar-refractivity contribution is -0.141. The van der Waals surface area contributed by atoms with E-state index in [2.05, 4.69) is 0 Å². The lowest BCUT2D eigenvalue weighted by atomic mass is 10.0. The normalized spacial score (nSPS) is 17.8. The Labute approximate surface area is 138 Å². The molecule has 1 N–H and O–H groups in total. The van der Waals surface area contributed by atoms with E-state index in [-0.39, 0.29) is 17.9 Å². The van der Waals surface area contributed by atoms with Crippen LogP contribution in [0, 0.1) is 5.82 Å². The summed E-state index contributed by atoms with van der Waals surface area (Å²) in [6.45, 7) is 1.66. The van der Waals surface area contributed by atoms with Gasteiger partial charge in [0.2, 0.25) is 6.10 Å². The molecule has 2 aromatic carbocycles. The zero-order valence-electron chi connectivity index (χ0n) is 13.0. The van der Waals surface area contributed by atoms with Crippen molar-refractivity contribution in [2.75, 3.05) is 4.90 Å². The number of nitrogens with zero attached hydrogens (tertiary/aromatic N) is 1. The van der Waals surface area contributed by atoms with Crippen LogP contribution in [-0.2, 0) is 9.59 Å². The second-order valence-corrected chi connectivity index (χ2v) is 5.49. The summed E-state index contributed by atoms with van der Waals surface area (Å²) < 4.78 is 19.4. The first-order valence-corrected chi connectivity index (χ1v) is 7.60. The third kappa shape index (κ3) is 2.71. The molecule has 6 heteroatoms. The molecule has 2 atom stereocenters. The van der Waals surface area contributed by atoms with Crippen LogP contribution in [0.4, 0.5) is 10.1 Å². The summed E-state index contributed by atoms with van der Waals surface area (Å²) in [6.07, 6.45) is -0.768. The van der Waals surface area contributed by atoms with E-state index in [4.69, 9.17) is 4.74 Å². The van der Waals surface area contributed by atoms with E-state index >= 15 is 0 Å².